The monoisotopic (exact) mass is 383 g/mol. The molecule has 0 aromatic heterocycles. The Labute approximate surface area is 164 Å². The van der Waals surface area contributed by atoms with Crippen molar-refractivity contribution in [1.82, 2.24) is 10.2 Å². The Morgan fingerprint density at radius 3 is 2.50 bits per heavy atom. The number of urea groups is 1. The van der Waals surface area contributed by atoms with Crippen molar-refractivity contribution >= 4 is 17.6 Å². The highest BCUT2D eigenvalue weighted by Gasteiger charge is 2.30. The van der Waals surface area contributed by atoms with Gasteiger partial charge in [0, 0.05) is 25.3 Å². The predicted octanol–water partition coefficient (Wildman–Crippen LogP) is 2.30. The van der Waals surface area contributed by atoms with Gasteiger partial charge in [0.1, 0.15) is 6.54 Å². The molecule has 1 aliphatic heterocycles. The third-order valence-electron chi connectivity index (χ3n) is 4.68. The van der Waals surface area contributed by atoms with Crippen molar-refractivity contribution in [3.05, 3.63) is 54.1 Å². The van der Waals surface area contributed by atoms with Gasteiger partial charge in [-0.25, -0.2) is 4.79 Å². The number of carbonyl (C=O) groups excluding carboxylic acids is 2. The van der Waals surface area contributed by atoms with Gasteiger partial charge in [-0.1, -0.05) is 24.3 Å². The lowest BCUT2D eigenvalue weighted by atomic mass is 10.1. The molecule has 1 fully saturated rings. The zero-order chi connectivity index (χ0) is 19.9. The van der Waals surface area contributed by atoms with Crippen LogP contribution < -0.4 is 19.7 Å². The molecule has 1 aliphatic rings. The predicted molar refractivity (Wildman–Crippen MR) is 107 cm³/mol. The van der Waals surface area contributed by atoms with Gasteiger partial charge >= 0.3 is 6.03 Å². The summed E-state index contributed by atoms with van der Waals surface area (Å²) in [5.74, 6) is 1.17. The number of hydrogen-bond donors (Lipinski definition) is 1. The Morgan fingerprint density at radius 1 is 1.04 bits per heavy atom. The van der Waals surface area contributed by atoms with E-state index in [4.69, 9.17) is 9.47 Å². The lowest BCUT2D eigenvalue weighted by molar-refractivity contribution is -0.121. The van der Waals surface area contributed by atoms with Crippen molar-refractivity contribution in [3.8, 4) is 11.5 Å². The fourth-order valence-corrected chi connectivity index (χ4v) is 3.19. The van der Waals surface area contributed by atoms with Gasteiger partial charge in [0.25, 0.3) is 0 Å². The van der Waals surface area contributed by atoms with E-state index in [0.29, 0.717) is 37.6 Å². The average Bonchev–Trinajstić information content (AvgIpc) is 3.08. The number of ether oxygens (including phenoxy) is 2. The van der Waals surface area contributed by atoms with Crippen LogP contribution in [0.5, 0.6) is 11.5 Å². The summed E-state index contributed by atoms with van der Waals surface area (Å²) in [6.07, 6.45) is 0.663. The quantitative estimate of drug-likeness (QED) is 0.759. The third kappa shape index (κ3) is 4.54. The molecular formula is C21H25N3O4. The van der Waals surface area contributed by atoms with E-state index in [1.807, 2.05) is 48.5 Å². The first-order valence-corrected chi connectivity index (χ1v) is 9.21. The Bertz CT molecular complexity index is 826. The third-order valence-corrected chi connectivity index (χ3v) is 4.68. The normalized spacial score (nSPS) is 13.6. The van der Waals surface area contributed by atoms with Crippen molar-refractivity contribution in [2.75, 3.05) is 45.3 Å². The molecule has 0 atom stereocenters. The van der Waals surface area contributed by atoms with Crippen molar-refractivity contribution < 1.29 is 19.1 Å². The van der Waals surface area contributed by atoms with Gasteiger partial charge in [-0.2, -0.15) is 0 Å². The second-order valence-electron chi connectivity index (χ2n) is 6.48. The van der Waals surface area contributed by atoms with E-state index in [2.05, 4.69) is 5.32 Å². The van der Waals surface area contributed by atoms with Crippen LogP contribution in [0.25, 0.3) is 0 Å². The number of methoxy groups -OCH3 is 2. The minimum absolute atomic E-state index is 0.0636. The number of nitrogens with one attached hydrogen (secondary N) is 1. The number of rotatable bonds is 8. The van der Waals surface area contributed by atoms with Gasteiger partial charge in [-0.15, -0.1) is 0 Å². The number of anilines is 1. The summed E-state index contributed by atoms with van der Waals surface area (Å²) in [6.45, 7) is 1.67. The van der Waals surface area contributed by atoms with Gasteiger partial charge in [0.05, 0.1) is 14.2 Å². The molecule has 3 amide bonds. The maximum absolute atomic E-state index is 12.5. The topological polar surface area (TPSA) is 71.1 Å². The summed E-state index contributed by atoms with van der Waals surface area (Å²) in [6, 6.07) is 15.0. The lowest BCUT2D eigenvalue weighted by Gasteiger charge is -2.18. The molecule has 7 heteroatoms. The number of para-hydroxylation sites is 1. The fraction of sp³-hybridized carbons (Fsp3) is 0.333. The Balaban J connectivity index is 1.47. The molecule has 2 aromatic carbocycles. The van der Waals surface area contributed by atoms with Crippen LogP contribution in [-0.2, 0) is 11.2 Å². The SMILES string of the molecule is COc1ccc(CCNC(=O)CN2CCN(c3ccccc3)C2=O)cc1OC. The molecule has 148 valence electrons. The van der Waals surface area contributed by atoms with E-state index >= 15 is 0 Å². The molecule has 1 N–H and O–H groups in total. The number of benzene rings is 2. The van der Waals surface area contributed by atoms with E-state index in [-0.39, 0.29) is 18.5 Å². The minimum Gasteiger partial charge on any atom is -0.493 e. The zero-order valence-corrected chi connectivity index (χ0v) is 16.2. The van der Waals surface area contributed by atoms with Crippen molar-refractivity contribution in [2.24, 2.45) is 0 Å². The second kappa shape index (κ2) is 9.12. The van der Waals surface area contributed by atoms with E-state index in [9.17, 15) is 9.59 Å². The molecule has 0 bridgehead atoms. The molecule has 7 nitrogen and oxygen atoms in total. The lowest BCUT2D eigenvalue weighted by Crippen LogP contribution is -2.40. The van der Waals surface area contributed by atoms with E-state index in [1.54, 1.807) is 24.0 Å². The summed E-state index contributed by atoms with van der Waals surface area (Å²) in [7, 11) is 3.19. The molecule has 3 rings (SSSR count). The molecule has 0 unspecified atom stereocenters. The maximum atomic E-state index is 12.5. The fourth-order valence-electron chi connectivity index (χ4n) is 3.19. The van der Waals surface area contributed by atoms with Crippen LogP contribution in [-0.4, -0.2) is 57.2 Å². The van der Waals surface area contributed by atoms with Crippen molar-refractivity contribution in [3.63, 3.8) is 0 Å². The van der Waals surface area contributed by atoms with E-state index in [0.717, 1.165) is 11.3 Å². The zero-order valence-electron chi connectivity index (χ0n) is 16.2. The first kappa shape index (κ1) is 19.5. The number of carbonyl (C=O) groups is 2. The summed E-state index contributed by atoms with van der Waals surface area (Å²) in [4.78, 5) is 28.0. The maximum Gasteiger partial charge on any atom is 0.325 e. The van der Waals surface area contributed by atoms with Gasteiger partial charge < -0.3 is 19.7 Å². The molecule has 1 heterocycles. The molecule has 1 saturated heterocycles. The molecule has 0 aliphatic carbocycles. The Hall–Kier alpha value is -3.22. The summed E-state index contributed by atoms with van der Waals surface area (Å²) >= 11 is 0. The summed E-state index contributed by atoms with van der Waals surface area (Å²) < 4.78 is 10.5. The van der Waals surface area contributed by atoms with Crippen molar-refractivity contribution in [1.29, 1.82) is 0 Å². The van der Waals surface area contributed by atoms with Crippen LogP contribution >= 0.6 is 0 Å². The summed E-state index contributed by atoms with van der Waals surface area (Å²) in [5, 5.41) is 2.88. The summed E-state index contributed by atoms with van der Waals surface area (Å²) in [5.41, 5.74) is 1.88. The van der Waals surface area contributed by atoms with Gasteiger partial charge in [0.15, 0.2) is 11.5 Å². The first-order valence-electron chi connectivity index (χ1n) is 9.21. The van der Waals surface area contributed by atoms with Crippen LogP contribution in [0.3, 0.4) is 0 Å². The van der Waals surface area contributed by atoms with Crippen LogP contribution in [0, 0.1) is 0 Å². The van der Waals surface area contributed by atoms with Gasteiger partial charge in [-0.05, 0) is 36.2 Å². The van der Waals surface area contributed by atoms with Crippen LogP contribution in [0.15, 0.2) is 48.5 Å². The Morgan fingerprint density at radius 2 is 1.79 bits per heavy atom. The Kier molecular flexibility index (Phi) is 6.37. The minimum atomic E-state index is -0.163. The smallest absolute Gasteiger partial charge is 0.325 e. The first-order chi connectivity index (χ1) is 13.6. The van der Waals surface area contributed by atoms with Crippen LogP contribution in [0.4, 0.5) is 10.5 Å². The number of amides is 3. The van der Waals surface area contributed by atoms with Crippen molar-refractivity contribution in [2.45, 2.75) is 6.42 Å². The highest BCUT2D eigenvalue weighted by Crippen LogP contribution is 2.27. The second-order valence-corrected chi connectivity index (χ2v) is 6.48. The van der Waals surface area contributed by atoms with Crippen LogP contribution in [0.1, 0.15) is 5.56 Å². The van der Waals surface area contributed by atoms with E-state index in [1.165, 1.54) is 0 Å². The number of hydrogen-bond acceptors (Lipinski definition) is 4. The standard InChI is InChI=1S/C21H25N3O4/c1-27-18-9-8-16(14-19(18)28-2)10-11-22-20(25)15-23-12-13-24(21(23)26)17-6-4-3-5-7-17/h3-9,14H,10-13,15H2,1-2H3,(H,22,25). The highest BCUT2D eigenvalue weighted by atomic mass is 16.5. The largest absolute Gasteiger partial charge is 0.493 e. The number of nitrogens with zero attached hydrogens (tertiary/aromatic N) is 2. The molecular weight excluding hydrogens is 358 g/mol. The van der Waals surface area contributed by atoms with Crippen LogP contribution in [0.2, 0.25) is 0 Å². The van der Waals surface area contributed by atoms with Gasteiger partial charge in [-0.3, -0.25) is 9.69 Å². The molecule has 0 saturated carbocycles. The molecule has 0 spiro atoms. The molecule has 2 aromatic rings. The average molecular weight is 383 g/mol. The molecule has 0 radical (unpaired) electrons. The van der Waals surface area contributed by atoms with E-state index < -0.39 is 0 Å². The van der Waals surface area contributed by atoms with Gasteiger partial charge in [0.2, 0.25) is 5.91 Å². The molecule has 28 heavy (non-hydrogen) atoms. The highest BCUT2D eigenvalue weighted by molar-refractivity contribution is 5.96.